The Kier molecular flexibility index (Phi) is 5.68. The van der Waals surface area contributed by atoms with E-state index in [1.54, 1.807) is 48.5 Å². The van der Waals surface area contributed by atoms with E-state index in [2.05, 4.69) is 20.9 Å². The van der Waals surface area contributed by atoms with Crippen LogP contribution in [0.2, 0.25) is 0 Å². The van der Waals surface area contributed by atoms with Crippen LogP contribution in [0.15, 0.2) is 67.3 Å². The van der Waals surface area contributed by atoms with Gasteiger partial charge in [-0.05, 0) is 24.3 Å². The SMILES string of the molecule is O=C(CCC(=O)c1ccccc1)Nc1ccc(C(=O)Nn2cnnc2)cc1. The van der Waals surface area contributed by atoms with E-state index in [1.165, 1.54) is 17.3 Å². The van der Waals surface area contributed by atoms with Gasteiger partial charge in [0.05, 0.1) is 0 Å². The number of carbonyl (C=O) groups excluding carboxylic acids is 3. The number of benzene rings is 2. The predicted octanol–water partition coefficient (Wildman–Crippen LogP) is 2.26. The zero-order valence-electron chi connectivity index (χ0n) is 14.3. The number of hydrogen-bond acceptors (Lipinski definition) is 5. The molecule has 0 radical (unpaired) electrons. The topological polar surface area (TPSA) is 106 Å². The normalized spacial score (nSPS) is 10.2. The van der Waals surface area contributed by atoms with Crippen LogP contribution in [0.4, 0.5) is 5.69 Å². The van der Waals surface area contributed by atoms with Gasteiger partial charge in [0.15, 0.2) is 5.78 Å². The number of carbonyl (C=O) groups is 3. The lowest BCUT2D eigenvalue weighted by Crippen LogP contribution is -2.21. The molecule has 0 aliphatic rings. The molecule has 3 aromatic rings. The molecular formula is C19H17N5O3. The van der Waals surface area contributed by atoms with Gasteiger partial charge >= 0.3 is 0 Å². The van der Waals surface area contributed by atoms with Crippen molar-refractivity contribution in [3.05, 3.63) is 78.4 Å². The first-order chi connectivity index (χ1) is 13.1. The zero-order valence-corrected chi connectivity index (χ0v) is 14.3. The molecule has 0 unspecified atom stereocenters. The van der Waals surface area contributed by atoms with Crippen molar-refractivity contribution in [2.24, 2.45) is 0 Å². The Labute approximate surface area is 155 Å². The number of aromatic nitrogens is 3. The second-order valence-electron chi connectivity index (χ2n) is 5.72. The van der Waals surface area contributed by atoms with E-state index in [1.807, 2.05) is 6.07 Å². The molecule has 0 aliphatic carbocycles. The van der Waals surface area contributed by atoms with Gasteiger partial charge < -0.3 is 5.32 Å². The first-order valence-corrected chi connectivity index (χ1v) is 8.26. The van der Waals surface area contributed by atoms with Crippen LogP contribution < -0.4 is 10.7 Å². The Bertz CT molecular complexity index is 922. The minimum atomic E-state index is -0.332. The number of amides is 2. The van der Waals surface area contributed by atoms with Crippen molar-refractivity contribution in [1.82, 2.24) is 14.9 Å². The van der Waals surface area contributed by atoms with Crippen LogP contribution in [-0.2, 0) is 4.79 Å². The fourth-order valence-corrected chi connectivity index (χ4v) is 2.36. The van der Waals surface area contributed by atoms with Gasteiger partial charge in [0.1, 0.15) is 12.7 Å². The molecular weight excluding hydrogens is 346 g/mol. The summed E-state index contributed by atoms with van der Waals surface area (Å²) in [6, 6.07) is 15.3. The number of nitrogens with one attached hydrogen (secondary N) is 2. The Morgan fingerprint density at radius 3 is 2.15 bits per heavy atom. The molecule has 0 fully saturated rings. The fraction of sp³-hybridized carbons (Fsp3) is 0.105. The molecule has 8 nitrogen and oxygen atoms in total. The highest BCUT2D eigenvalue weighted by Crippen LogP contribution is 2.11. The number of anilines is 1. The number of rotatable bonds is 7. The number of nitrogens with zero attached hydrogens (tertiary/aromatic N) is 3. The van der Waals surface area contributed by atoms with Crippen LogP contribution in [0, 0.1) is 0 Å². The molecule has 136 valence electrons. The van der Waals surface area contributed by atoms with Crippen LogP contribution in [0.5, 0.6) is 0 Å². The first kappa shape index (κ1) is 18.0. The second kappa shape index (κ2) is 8.52. The van der Waals surface area contributed by atoms with Gasteiger partial charge in [0, 0.05) is 29.7 Å². The van der Waals surface area contributed by atoms with Crippen LogP contribution in [0.25, 0.3) is 0 Å². The van der Waals surface area contributed by atoms with E-state index in [0.29, 0.717) is 16.8 Å². The van der Waals surface area contributed by atoms with Crippen molar-refractivity contribution in [2.45, 2.75) is 12.8 Å². The van der Waals surface area contributed by atoms with Crippen LogP contribution in [0.1, 0.15) is 33.6 Å². The summed E-state index contributed by atoms with van der Waals surface area (Å²) in [5.74, 6) is -0.672. The Morgan fingerprint density at radius 2 is 1.48 bits per heavy atom. The number of hydrogen-bond donors (Lipinski definition) is 2. The van der Waals surface area contributed by atoms with Gasteiger partial charge in [-0.25, -0.2) is 4.68 Å². The largest absolute Gasteiger partial charge is 0.326 e. The standard InChI is InChI=1S/C19H17N5O3/c25-17(14-4-2-1-3-5-14)10-11-18(26)22-16-8-6-15(7-9-16)19(27)23-24-12-20-21-13-24/h1-9,12-13H,10-11H2,(H,22,26)(H,23,27). The third kappa shape index (κ3) is 5.08. The highest BCUT2D eigenvalue weighted by molar-refractivity contribution is 6.01. The number of Topliss-reactive ketones (excluding diaryl/α,β-unsaturated/α-hetero) is 1. The van der Waals surface area contributed by atoms with Gasteiger partial charge in [-0.15, -0.1) is 10.2 Å². The minimum absolute atomic E-state index is 0.0771. The summed E-state index contributed by atoms with van der Waals surface area (Å²) in [6.45, 7) is 0. The summed E-state index contributed by atoms with van der Waals surface area (Å²) in [5, 5.41) is 9.90. The molecule has 27 heavy (non-hydrogen) atoms. The predicted molar refractivity (Wildman–Crippen MR) is 98.8 cm³/mol. The average molecular weight is 363 g/mol. The van der Waals surface area contributed by atoms with E-state index >= 15 is 0 Å². The summed E-state index contributed by atoms with van der Waals surface area (Å²) in [5.41, 5.74) is 4.13. The van der Waals surface area contributed by atoms with Crippen molar-refractivity contribution < 1.29 is 14.4 Å². The molecule has 2 N–H and O–H groups in total. The molecule has 0 aliphatic heterocycles. The van der Waals surface area contributed by atoms with Crippen molar-refractivity contribution >= 4 is 23.3 Å². The fourth-order valence-electron chi connectivity index (χ4n) is 2.36. The average Bonchev–Trinajstić information content (AvgIpc) is 3.20. The summed E-state index contributed by atoms with van der Waals surface area (Å²) < 4.78 is 1.34. The maximum absolute atomic E-state index is 12.0. The second-order valence-corrected chi connectivity index (χ2v) is 5.72. The molecule has 1 heterocycles. The highest BCUT2D eigenvalue weighted by atomic mass is 16.2. The summed E-state index contributed by atoms with van der Waals surface area (Å²) in [6.07, 6.45) is 2.95. The molecule has 8 heteroatoms. The van der Waals surface area contributed by atoms with Gasteiger partial charge in [-0.3, -0.25) is 19.8 Å². The van der Waals surface area contributed by atoms with Crippen molar-refractivity contribution in [3.63, 3.8) is 0 Å². The highest BCUT2D eigenvalue weighted by Gasteiger charge is 2.10. The van der Waals surface area contributed by atoms with E-state index in [0.717, 1.165) is 0 Å². The van der Waals surface area contributed by atoms with Crippen molar-refractivity contribution in [2.75, 3.05) is 10.7 Å². The Morgan fingerprint density at radius 1 is 0.815 bits per heavy atom. The first-order valence-electron chi connectivity index (χ1n) is 8.26. The van der Waals surface area contributed by atoms with Crippen LogP contribution >= 0.6 is 0 Å². The van der Waals surface area contributed by atoms with Crippen molar-refractivity contribution in [3.8, 4) is 0 Å². The quantitative estimate of drug-likeness (QED) is 0.626. The lowest BCUT2D eigenvalue weighted by Gasteiger charge is -2.07. The van der Waals surface area contributed by atoms with Gasteiger partial charge in [0.25, 0.3) is 5.91 Å². The molecule has 2 amide bonds. The third-order valence-corrected chi connectivity index (χ3v) is 3.76. The molecule has 0 atom stereocenters. The molecule has 0 spiro atoms. The molecule has 0 bridgehead atoms. The maximum Gasteiger partial charge on any atom is 0.270 e. The lowest BCUT2D eigenvalue weighted by atomic mass is 10.1. The van der Waals surface area contributed by atoms with Crippen molar-refractivity contribution in [1.29, 1.82) is 0 Å². The van der Waals surface area contributed by atoms with Gasteiger partial charge in [0.2, 0.25) is 5.91 Å². The van der Waals surface area contributed by atoms with E-state index < -0.39 is 0 Å². The smallest absolute Gasteiger partial charge is 0.270 e. The number of ketones is 1. The molecule has 3 rings (SSSR count). The molecule has 2 aromatic carbocycles. The zero-order chi connectivity index (χ0) is 19.1. The molecule has 1 aromatic heterocycles. The summed E-state index contributed by atoms with van der Waals surface area (Å²) in [4.78, 5) is 36.1. The van der Waals surface area contributed by atoms with Gasteiger partial charge in [-0.2, -0.15) is 0 Å². The Hall–Kier alpha value is -3.81. The van der Waals surface area contributed by atoms with E-state index in [9.17, 15) is 14.4 Å². The monoisotopic (exact) mass is 363 g/mol. The van der Waals surface area contributed by atoms with Crippen LogP contribution in [-0.4, -0.2) is 32.5 Å². The third-order valence-electron chi connectivity index (χ3n) is 3.76. The maximum atomic E-state index is 12.0. The van der Waals surface area contributed by atoms with Crippen LogP contribution in [0.3, 0.4) is 0 Å². The molecule has 0 saturated carbocycles. The minimum Gasteiger partial charge on any atom is -0.326 e. The summed E-state index contributed by atoms with van der Waals surface area (Å²) in [7, 11) is 0. The summed E-state index contributed by atoms with van der Waals surface area (Å²) >= 11 is 0. The van der Waals surface area contributed by atoms with E-state index in [-0.39, 0.29) is 30.4 Å². The van der Waals surface area contributed by atoms with Gasteiger partial charge in [-0.1, -0.05) is 30.3 Å². The van der Waals surface area contributed by atoms with E-state index in [4.69, 9.17) is 0 Å². The molecule has 0 saturated heterocycles. The lowest BCUT2D eigenvalue weighted by molar-refractivity contribution is -0.116. The Balaban J connectivity index is 1.49.